The molecule has 0 bridgehead atoms. The first-order valence-electron chi connectivity index (χ1n) is 6.33. The number of aryl methyl sites for hydroxylation is 1. The molecule has 1 aliphatic heterocycles. The second-order valence-corrected chi connectivity index (χ2v) is 6.35. The molecule has 0 spiro atoms. The number of hydrogen-bond acceptors (Lipinski definition) is 4. The van der Waals surface area contributed by atoms with Crippen LogP contribution in [0.15, 0.2) is 5.51 Å². The summed E-state index contributed by atoms with van der Waals surface area (Å²) < 4.78 is 0. The lowest BCUT2D eigenvalue weighted by atomic mass is 9.86. The molecule has 100 valence electrons. The summed E-state index contributed by atoms with van der Waals surface area (Å²) in [5.41, 5.74) is 2.93. The summed E-state index contributed by atoms with van der Waals surface area (Å²) in [4.78, 5) is 19.0. The molecule has 2 heterocycles. The van der Waals surface area contributed by atoms with Crippen molar-refractivity contribution in [1.82, 2.24) is 9.88 Å². The average Bonchev–Trinajstić information content (AvgIpc) is 2.87. The van der Waals surface area contributed by atoms with Crippen LogP contribution in [0.1, 0.15) is 24.4 Å². The van der Waals surface area contributed by atoms with Crippen LogP contribution in [0.5, 0.6) is 0 Å². The Bertz CT molecular complexity index is 430. The number of aromatic nitrogens is 1. The number of hydrogen-bond donors (Lipinski definition) is 1. The number of carbonyl (C=O) groups is 1. The van der Waals surface area contributed by atoms with E-state index in [2.05, 4.69) is 23.7 Å². The Morgan fingerprint density at radius 2 is 2.33 bits per heavy atom. The van der Waals surface area contributed by atoms with E-state index in [0.29, 0.717) is 12.5 Å². The largest absolute Gasteiger partial charge is 0.481 e. The molecule has 0 aromatic carbocycles. The molecule has 0 aliphatic carbocycles. The smallest absolute Gasteiger partial charge is 0.308 e. The van der Waals surface area contributed by atoms with E-state index in [1.54, 1.807) is 11.3 Å². The summed E-state index contributed by atoms with van der Waals surface area (Å²) >= 11 is 1.66. The third kappa shape index (κ3) is 2.72. The van der Waals surface area contributed by atoms with Crippen LogP contribution >= 0.6 is 11.3 Å². The third-order valence-corrected chi connectivity index (χ3v) is 4.75. The van der Waals surface area contributed by atoms with E-state index >= 15 is 0 Å². The van der Waals surface area contributed by atoms with Gasteiger partial charge in [-0.3, -0.25) is 9.69 Å². The first kappa shape index (κ1) is 13.5. The van der Waals surface area contributed by atoms with Gasteiger partial charge in [0.25, 0.3) is 0 Å². The fourth-order valence-electron chi connectivity index (χ4n) is 2.66. The standard InChI is InChI=1S/C13H20N2O2S/c1-8(2)10-4-15(5-11(10)13(16)17)6-12-9(3)14-7-18-12/h7-8,10-11H,4-6H2,1-3H3,(H,16,17)/t10-,11+/m0/s1. The maximum Gasteiger partial charge on any atom is 0.308 e. The van der Waals surface area contributed by atoms with Crippen LogP contribution in [-0.2, 0) is 11.3 Å². The number of carboxylic acid groups (broad SMARTS) is 1. The van der Waals surface area contributed by atoms with Crippen molar-refractivity contribution in [3.8, 4) is 0 Å². The van der Waals surface area contributed by atoms with Crippen molar-refractivity contribution in [3.63, 3.8) is 0 Å². The molecule has 1 saturated heterocycles. The van der Waals surface area contributed by atoms with E-state index in [4.69, 9.17) is 0 Å². The van der Waals surface area contributed by atoms with Crippen molar-refractivity contribution < 1.29 is 9.90 Å². The minimum Gasteiger partial charge on any atom is -0.481 e. The fraction of sp³-hybridized carbons (Fsp3) is 0.692. The van der Waals surface area contributed by atoms with Gasteiger partial charge in [-0.05, 0) is 18.8 Å². The van der Waals surface area contributed by atoms with Gasteiger partial charge in [0, 0.05) is 24.5 Å². The van der Waals surface area contributed by atoms with Crippen LogP contribution in [-0.4, -0.2) is 34.0 Å². The Morgan fingerprint density at radius 1 is 1.61 bits per heavy atom. The molecule has 18 heavy (non-hydrogen) atoms. The van der Waals surface area contributed by atoms with Crippen LogP contribution in [0.3, 0.4) is 0 Å². The van der Waals surface area contributed by atoms with Crippen LogP contribution in [0.4, 0.5) is 0 Å². The zero-order chi connectivity index (χ0) is 13.3. The fourth-order valence-corrected chi connectivity index (χ4v) is 3.48. The Hall–Kier alpha value is -0.940. The Kier molecular flexibility index (Phi) is 4.02. The summed E-state index contributed by atoms with van der Waals surface area (Å²) in [6.07, 6.45) is 0. The minimum atomic E-state index is -0.655. The Labute approximate surface area is 112 Å². The molecule has 0 unspecified atom stereocenters. The Balaban J connectivity index is 2.05. The van der Waals surface area contributed by atoms with Gasteiger partial charge >= 0.3 is 5.97 Å². The van der Waals surface area contributed by atoms with E-state index < -0.39 is 5.97 Å². The molecule has 0 saturated carbocycles. The van der Waals surface area contributed by atoms with Crippen LogP contribution < -0.4 is 0 Å². The predicted molar refractivity (Wildman–Crippen MR) is 71.6 cm³/mol. The number of likely N-dealkylation sites (tertiary alicyclic amines) is 1. The highest BCUT2D eigenvalue weighted by Crippen LogP contribution is 2.31. The quantitative estimate of drug-likeness (QED) is 0.910. The van der Waals surface area contributed by atoms with Crippen molar-refractivity contribution in [2.45, 2.75) is 27.3 Å². The van der Waals surface area contributed by atoms with Crippen molar-refractivity contribution >= 4 is 17.3 Å². The van der Waals surface area contributed by atoms with Crippen molar-refractivity contribution in [1.29, 1.82) is 0 Å². The highest BCUT2D eigenvalue weighted by atomic mass is 32.1. The third-order valence-electron chi connectivity index (χ3n) is 3.83. The molecule has 1 N–H and O–H groups in total. The summed E-state index contributed by atoms with van der Waals surface area (Å²) in [6.45, 7) is 8.62. The molecule has 0 radical (unpaired) electrons. The van der Waals surface area contributed by atoms with E-state index in [1.807, 2.05) is 12.4 Å². The normalized spacial score (nSPS) is 24.9. The lowest BCUT2D eigenvalue weighted by molar-refractivity contribution is -0.143. The number of thiazole rings is 1. The molecule has 1 aliphatic rings. The topological polar surface area (TPSA) is 53.4 Å². The first-order valence-corrected chi connectivity index (χ1v) is 7.21. The second-order valence-electron chi connectivity index (χ2n) is 5.41. The van der Waals surface area contributed by atoms with E-state index in [0.717, 1.165) is 18.8 Å². The van der Waals surface area contributed by atoms with Gasteiger partial charge < -0.3 is 5.11 Å². The van der Waals surface area contributed by atoms with Gasteiger partial charge in [-0.15, -0.1) is 11.3 Å². The van der Waals surface area contributed by atoms with Crippen molar-refractivity contribution in [2.75, 3.05) is 13.1 Å². The van der Waals surface area contributed by atoms with Crippen LogP contribution in [0.2, 0.25) is 0 Å². The number of nitrogens with zero attached hydrogens (tertiary/aromatic N) is 2. The number of rotatable bonds is 4. The van der Waals surface area contributed by atoms with Gasteiger partial charge in [0.05, 0.1) is 17.1 Å². The number of carboxylic acids is 1. The highest BCUT2D eigenvalue weighted by Gasteiger charge is 2.39. The van der Waals surface area contributed by atoms with Crippen molar-refractivity contribution in [2.24, 2.45) is 17.8 Å². The maximum atomic E-state index is 11.3. The van der Waals surface area contributed by atoms with Gasteiger partial charge in [-0.25, -0.2) is 4.98 Å². The van der Waals surface area contributed by atoms with Gasteiger partial charge in [0.2, 0.25) is 0 Å². The molecule has 1 aromatic heterocycles. The highest BCUT2D eigenvalue weighted by molar-refractivity contribution is 7.09. The summed E-state index contributed by atoms with van der Waals surface area (Å²) in [5.74, 6) is -0.204. The van der Waals surface area contributed by atoms with Gasteiger partial charge in [0.1, 0.15) is 0 Å². The second kappa shape index (κ2) is 5.36. The lowest BCUT2D eigenvalue weighted by Gasteiger charge is -2.18. The molecule has 2 atom stereocenters. The molecule has 2 rings (SSSR count). The van der Waals surface area contributed by atoms with Crippen LogP contribution in [0, 0.1) is 24.7 Å². The molecular weight excluding hydrogens is 248 g/mol. The number of aliphatic carboxylic acids is 1. The molecule has 1 aromatic rings. The van der Waals surface area contributed by atoms with Gasteiger partial charge in [-0.1, -0.05) is 13.8 Å². The van der Waals surface area contributed by atoms with E-state index in [1.165, 1.54) is 4.88 Å². The predicted octanol–water partition coefficient (Wildman–Crippen LogP) is 2.24. The van der Waals surface area contributed by atoms with Gasteiger partial charge in [-0.2, -0.15) is 0 Å². The lowest BCUT2D eigenvalue weighted by Crippen LogP contribution is -2.25. The van der Waals surface area contributed by atoms with Gasteiger partial charge in [0.15, 0.2) is 0 Å². The average molecular weight is 268 g/mol. The summed E-state index contributed by atoms with van der Waals surface area (Å²) in [6, 6.07) is 0. The molecule has 4 nitrogen and oxygen atoms in total. The van der Waals surface area contributed by atoms with Crippen LogP contribution in [0.25, 0.3) is 0 Å². The molecular formula is C13H20N2O2S. The van der Waals surface area contributed by atoms with E-state index in [-0.39, 0.29) is 11.8 Å². The maximum absolute atomic E-state index is 11.3. The SMILES string of the molecule is Cc1ncsc1CN1C[C@@H](C(=O)O)[C@H](C(C)C)C1. The summed E-state index contributed by atoms with van der Waals surface area (Å²) in [7, 11) is 0. The zero-order valence-electron chi connectivity index (χ0n) is 11.1. The first-order chi connectivity index (χ1) is 8.49. The van der Waals surface area contributed by atoms with Crippen molar-refractivity contribution in [3.05, 3.63) is 16.1 Å². The molecule has 5 heteroatoms. The van der Waals surface area contributed by atoms with E-state index in [9.17, 15) is 9.90 Å². The monoisotopic (exact) mass is 268 g/mol. The minimum absolute atomic E-state index is 0.224. The summed E-state index contributed by atoms with van der Waals surface area (Å²) in [5, 5.41) is 9.29. The Morgan fingerprint density at radius 3 is 2.78 bits per heavy atom. The molecule has 1 fully saturated rings. The zero-order valence-corrected chi connectivity index (χ0v) is 11.9. The molecule has 0 amide bonds.